The van der Waals surface area contributed by atoms with Crippen molar-refractivity contribution in [2.24, 2.45) is 0 Å². The van der Waals surface area contributed by atoms with Crippen LogP contribution in [0.1, 0.15) is 97.0 Å². The number of carbonyl (C=O) groups excluding carboxylic acids is 2. The van der Waals surface area contributed by atoms with E-state index in [1.165, 1.54) is 5.56 Å². The molecular formula is C27H35N3O3. The van der Waals surface area contributed by atoms with Gasteiger partial charge in [-0.25, -0.2) is 0 Å². The average molecular weight is 450 g/mol. The fourth-order valence-electron chi connectivity index (χ4n) is 5.19. The molecule has 6 nitrogen and oxygen atoms in total. The summed E-state index contributed by atoms with van der Waals surface area (Å²) in [7, 11) is 0. The van der Waals surface area contributed by atoms with E-state index in [4.69, 9.17) is 0 Å². The van der Waals surface area contributed by atoms with Crippen LogP contribution in [0.15, 0.2) is 47.5 Å². The summed E-state index contributed by atoms with van der Waals surface area (Å²) in [6.07, 6.45) is 10.4. The van der Waals surface area contributed by atoms with Gasteiger partial charge in [0, 0.05) is 37.6 Å². The number of hydrogen-bond donors (Lipinski definition) is 1. The van der Waals surface area contributed by atoms with Gasteiger partial charge in [-0.2, -0.15) is 0 Å². The number of amides is 2. The van der Waals surface area contributed by atoms with Crippen LogP contribution in [0.2, 0.25) is 0 Å². The van der Waals surface area contributed by atoms with Crippen LogP contribution in [0.4, 0.5) is 0 Å². The molecule has 2 fully saturated rings. The molecule has 1 saturated heterocycles. The van der Waals surface area contributed by atoms with Crippen molar-refractivity contribution in [2.45, 2.75) is 76.8 Å². The lowest BCUT2D eigenvalue weighted by molar-refractivity contribution is 0.0758. The number of pyridine rings is 1. The second-order valence-electron chi connectivity index (χ2n) is 9.76. The Bertz CT molecular complexity index is 1040. The molecule has 1 atom stereocenters. The Hall–Kier alpha value is -2.89. The van der Waals surface area contributed by atoms with Crippen LogP contribution in [0.3, 0.4) is 0 Å². The molecule has 0 radical (unpaired) electrons. The standard InChI is InChI=1S/C27H35N3O3/c1-19(2)28-26(32)23-17-30(22-12-6-7-13-22)18-24(25(23)31)27(33)29-15-8-11-21(14-16-29)20-9-4-3-5-10-20/h3-5,9-10,17-19,21-22H,6-8,11-16H2,1-2H3,(H,28,32). The molecule has 6 heteroatoms. The second kappa shape index (κ2) is 10.4. The lowest BCUT2D eigenvalue weighted by atomic mass is 9.92. The molecule has 1 aliphatic heterocycles. The van der Waals surface area contributed by atoms with Crippen LogP contribution in [-0.4, -0.2) is 40.4 Å². The number of likely N-dealkylation sites (tertiary alicyclic amines) is 1. The van der Waals surface area contributed by atoms with E-state index < -0.39 is 11.3 Å². The van der Waals surface area contributed by atoms with E-state index in [2.05, 4.69) is 29.6 Å². The van der Waals surface area contributed by atoms with Crippen LogP contribution in [0, 0.1) is 0 Å². The summed E-state index contributed by atoms with van der Waals surface area (Å²) < 4.78 is 1.95. The van der Waals surface area contributed by atoms with Gasteiger partial charge in [-0.15, -0.1) is 0 Å². The summed E-state index contributed by atoms with van der Waals surface area (Å²) in [5.41, 5.74) is 1.04. The molecule has 2 aliphatic rings. The number of benzene rings is 1. The van der Waals surface area contributed by atoms with Crippen molar-refractivity contribution in [3.63, 3.8) is 0 Å². The van der Waals surface area contributed by atoms with E-state index in [0.717, 1.165) is 44.9 Å². The zero-order chi connectivity index (χ0) is 23.4. The van der Waals surface area contributed by atoms with Gasteiger partial charge in [0.15, 0.2) is 0 Å². The van der Waals surface area contributed by atoms with Gasteiger partial charge in [-0.3, -0.25) is 14.4 Å². The molecular weight excluding hydrogens is 414 g/mol. The molecule has 1 aromatic carbocycles. The fraction of sp³-hybridized carbons (Fsp3) is 0.519. The Labute approximate surface area is 196 Å². The molecule has 2 amide bonds. The van der Waals surface area contributed by atoms with Gasteiger partial charge < -0.3 is 14.8 Å². The third kappa shape index (κ3) is 5.37. The number of nitrogens with zero attached hydrogens (tertiary/aromatic N) is 2. The van der Waals surface area contributed by atoms with Gasteiger partial charge in [0.1, 0.15) is 11.1 Å². The lowest BCUT2D eigenvalue weighted by Crippen LogP contribution is -2.39. The first-order valence-electron chi connectivity index (χ1n) is 12.3. The molecule has 0 bridgehead atoms. The van der Waals surface area contributed by atoms with Crippen molar-refractivity contribution in [1.82, 2.24) is 14.8 Å². The van der Waals surface area contributed by atoms with Crippen LogP contribution < -0.4 is 10.7 Å². The summed E-state index contributed by atoms with van der Waals surface area (Å²) in [4.78, 5) is 41.5. The van der Waals surface area contributed by atoms with Crippen molar-refractivity contribution in [3.8, 4) is 0 Å². The number of rotatable bonds is 5. The van der Waals surface area contributed by atoms with Gasteiger partial charge in [0.05, 0.1) is 0 Å². The quantitative estimate of drug-likeness (QED) is 0.730. The van der Waals surface area contributed by atoms with Crippen LogP contribution in [-0.2, 0) is 0 Å². The third-order valence-corrected chi connectivity index (χ3v) is 6.97. The second-order valence-corrected chi connectivity index (χ2v) is 9.76. The summed E-state index contributed by atoms with van der Waals surface area (Å²) in [5, 5.41) is 2.82. The highest BCUT2D eigenvalue weighted by molar-refractivity contribution is 5.99. The minimum atomic E-state index is -0.462. The number of hydrogen-bond acceptors (Lipinski definition) is 3. The van der Waals surface area contributed by atoms with Gasteiger partial charge in [-0.05, 0) is 57.4 Å². The molecule has 1 aromatic heterocycles. The van der Waals surface area contributed by atoms with Gasteiger partial charge in [0.25, 0.3) is 11.8 Å². The Morgan fingerprint density at radius 3 is 2.30 bits per heavy atom. The SMILES string of the molecule is CC(C)NC(=O)c1cn(C2CCCC2)cc(C(=O)N2CCCC(c3ccccc3)CC2)c1=O. The minimum absolute atomic E-state index is 0.0680. The number of aromatic nitrogens is 1. The lowest BCUT2D eigenvalue weighted by Gasteiger charge is -2.23. The normalized spacial score (nSPS) is 19.5. The maximum Gasteiger partial charge on any atom is 0.259 e. The predicted molar refractivity (Wildman–Crippen MR) is 130 cm³/mol. The maximum absolute atomic E-state index is 13.6. The van der Waals surface area contributed by atoms with Crippen molar-refractivity contribution in [1.29, 1.82) is 0 Å². The molecule has 1 saturated carbocycles. The van der Waals surface area contributed by atoms with E-state index in [1.807, 2.05) is 29.4 Å². The largest absolute Gasteiger partial charge is 0.350 e. The van der Waals surface area contributed by atoms with Crippen molar-refractivity contribution < 1.29 is 9.59 Å². The van der Waals surface area contributed by atoms with Crippen LogP contribution in [0.5, 0.6) is 0 Å². The summed E-state index contributed by atoms with van der Waals surface area (Å²) >= 11 is 0. The van der Waals surface area contributed by atoms with Gasteiger partial charge in [-0.1, -0.05) is 43.2 Å². The Morgan fingerprint density at radius 2 is 1.61 bits per heavy atom. The zero-order valence-corrected chi connectivity index (χ0v) is 19.8. The van der Waals surface area contributed by atoms with Crippen LogP contribution >= 0.6 is 0 Å². The Balaban J connectivity index is 1.61. The monoisotopic (exact) mass is 449 g/mol. The van der Waals surface area contributed by atoms with Crippen molar-refractivity contribution in [3.05, 3.63) is 69.6 Å². The topological polar surface area (TPSA) is 71.4 Å². The van der Waals surface area contributed by atoms with E-state index in [9.17, 15) is 14.4 Å². The van der Waals surface area contributed by atoms with Crippen LogP contribution in [0.25, 0.3) is 0 Å². The molecule has 1 N–H and O–H groups in total. The Morgan fingerprint density at radius 1 is 0.909 bits per heavy atom. The first-order valence-corrected chi connectivity index (χ1v) is 12.3. The minimum Gasteiger partial charge on any atom is -0.350 e. The highest BCUT2D eigenvalue weighted by Crippen LogP contribution is 2.30. The van der Waals surface area contributed by atoms with Gasteiger partial charge >= 0.3 is 0 Å². The molecule has 2 heterocycles. The van der Waals surface area contributed by atoms with E-state index >= 15 is 0 Å². The average Bonchev–Trinajstić information content (AvgIpc) is 3.23. The predicted octanol–water partition coefficient (Wildman–Crippen LogP) is 4.51. The smallest absolute Gasteiger partial charge is 0.259 e. The highest BCUT2D eigenvalue weighted by atomic mass is 16.2. The van der Waals surface area contributed by atoms with Crippen molar-refractivity contribution in [2.75, 3.05) is 13.1 Å². The zero-order valence-electron chi connectivity index (χ0n) is 19.8. The Kier molecular flexibility index (Phi) is 7.31. The number of carbonyl (C=O) groups is 2. The summed E-state index contributed by atoms with van der Waals surface area (Å²) in [5.74, 6) is -0.238. The first-order chi connectivity index (χ1) is 15.9. The maximum atomic E-state index is 13.6. The summed E-state index contributed by atoms with van der Waals surface area (Å²) in [6.45, 7) is 4.97. The molecule has 4 rings (SSSR count). The van der Waals surface area contributed by atoms with E-state index in [-0.39, 0.29) is 29.1 Å². The molecule has 2 aromatic rings. The fourth-order valence-corrected chi connectivity index (χ4v) is 5.19. The first kappa shape index (κ1) is 23.3. The van der Waals surface area contributed by atoms with Crippen molar-refractivity contribution >= 4 is 11.8 Å². The highest BCUT2D eigenvalue weighted by Gasteiger charge is 2.28. The molecule has 1 unspecified atom stereocenters. The van der Waals surface area contributed by atoms with E-state index in [1.54, 1.807) is 12.4 Å². The van der Waals surface area contributed by atoms with E-state index in [0.29, 0.717) is 19.0 Å². The van der Waals surface area contributed by atoms with Gasteiger partial charge in [0.2, 0.25) is 5.43 Å². The molecule has 176 valence electrons. The molecule has 33 heavy (non-hydrogen) atoms. The molecule has 1 aliphatic carbocycles. The number of nitrogens with one attached hydrogen (secondary N) is 1. The third-order valence-electron chi connectivity index (χ3n) is 6.97. The summed E-state index contributed by atoms with van der Waals surface area (Å²) in [6, 6.07) is 10.6. The molecule has 0 spiro atoms.